The van der Waals surface area contributed by atoms with Gasteiger partial charge in [-0.25, -0.2) is 0 Å². The summed E-state index contributed by atoms with van der Waals surface area (Å²) in [5.74, 6) is -0.739. The average molecular weight is 215 g/mol. The van der Waals surface area contributed by atoms with Gasteiger partial charge in [0.2, 0.25) is 0 Å². The van der Waals surface area contributed by atoms with E-state index in [1.165, 1.54) is 0 Å². The van der Waals surface area contributed by atoms with Crippen molar-refractivity contribution in [2.24, 2.45) is 0 Å². The highest BCUT2D eigenvalue weighted by molar-refractivity contribution is 5.66. The van der Waals surface area contributed by atoms with Crippen molar-refractivity contribution in [3.05, 3.63) is 0 Å². The molecule has 2 N–H and O–H groups in total. The zero-order valence-corrected chi connectivity index (χ0v) is 9.57. The lowest BCUT2D eigenvalue weighted by Crippen LogP contribution is -2.53. The van der Waals surface area contributed by atoms with E-state index in [-0.39, 0.29) is 6.42 Å². The lowest BCUT2D eigenvalue weighted by atomic mass is 10.2. The number of carboxylic acids is 1. The molecule has 1 fully saturated rings. The van der Waals surface area contributed by atoms with E-state index in [0.717, 1.165) is 26.2 Å². The van der Waals surface area contributed by atoms with Crippen molar-refractivity contribution in [2.45, 2.75) is 12.5 Å². The smallest absolute Gasteiger partial charge is 0.304 e. The molecule has 1 aliphatic rings. The Morgan fingerprint density at radius 3 is 2.87 bits per heavy atom. The quantitative estimate of drug-likeness (QED) is 0.594. The highest BCUT2D eigenvalue weighted by atomic mass is 16.4. The van der Waals surface area contributed by atoms with Crippen LogP contribution in [0.3, 0.4) is 0 Å². The topological polar surface area (TPSA) is 55.8 Å². The Balaban J connectivity index is 2.16. The molecule has 0 radical (unpaired) electrons. The molecule has 0 aliphatic carbocycles. The number of hydrogen-bond donors (Lipinski definition) is 2. The highest BCUT2D eigenvalue weighted by Gasteiger charge is 2.21. The zero-order chi connectivity index (χ0) is 11.3. The molecule has 0 aromatic rings. The van der Waals surface area contributed by atoms with Gasteiger partial charge in [0, 0.05) is 38.8 Å². The summed E-state index contributed by atoms with van der Waals surface area (Å²) in [6.45, 7) is 4.68. The van der Waals surface area contributed by atoms with Crippen LogP contribution >= 0.6 is 0 Å². The van der Waals surface area contributed by atoms with Gasteiger partial charge in [-0.3, -0.25) is 9.69 Å². The minimum Gasteiger partial charge on any atom is -0.481 e. The van der Waals surface area contributed by atoms with Crippen LogP contribution in [0.2, 0.25) is 0 Å². The molecule has 5 heteroatoms. The Morgan fingerprint density at radius 1 is 1.47 bits per heavy atom. The van der Waals surface area contributed by atoms with Crippen LogP contribution in [-0.4, -0.2) is 73.7 Å². The summed E-state index contributed by atoms with van der Waals surface area (Å²) in [5, 5.41) is 11.7. The van der Waals surface area contributed by atoms with Crippen LogP contribution in [0.15, 0.2) is 0 Å². The molecule has 0 aromatic heterocycles. The first kappa shape index (κ1) is 12.4. The van der Waals surface area contributed by atoms with Gasteiger partial charge in [0.05, 0.1) is 6.42 Å². The minimum atomic E-state index is -0.739. The van der Waals surface area contributed by atoms with Gasteiger partial charge in [0.15, 0.2) is 0 Å². The molecule has 0 bridgehead atoms. The summed E-state index contributed by atoms with van der Waals surface area (Å²) in [4.78, 5) is 14.9. The molecule has 15 heavy (non-hydrogen) atoms. The number of aliphatic carboxylic acids is 1. The average Bonchev–Trinajstić information content (AvgIpc) is 2.17. The third-order valence-electron chi connectivity index (χ3n) is 2.88. The van der Waals surface area contributed by atoms with E-state index in [0.29, 0.717) is 12.6 Å². The maximum atomic E-state index is 10.3. The van der Waals surface area contributed by atoms with E-state index in [1.54, 1.807) is 0 Å². The van der Waals surface area contributed by atoms with Crippen LogP contribution in [0.25, 0.3) is 0 Å². The summed E-state index contributed by atoms with van der Waals surface area (Å²) in [6.07, 6.45) is 0.201. The van der Waals surface area contributed by atoms with E-state index in [1.807, 2.05) is 0 Å². The number of nitrogens with one attached hydrogen (secondary N) is 1. The van der Waals surface area contributed by atoms with Crippen LogP contribution in [0.5, 0.6) is 0 Å². The van der Waals surface area contributed by atoms with Crippen molar-refractivity contribution in [1.82, 2.24) is 15.1 Å². The fourth-order valence-electron chi connectivity index (χ4n) is 1.79. The summed E-state index contributed by atoms with van der Waals surface area (Å²) in [6, 6.07) is 0.498. The molecule has 0 aromatic carbocycles. The Labute approximate surface area is 91.0 Å². The molecule has 0 saturated carbocycles. The van der Waals surface area contributed by atoms with Crippen LogP contribution < -0.4 is 5.32 Å². The van der Waals surface area contributed by atoms with Crippen molar-refractivity contribution in [3.63, 3.8) is 0 Å². The van der Waals surface area contributed by atoms with Gasteiger partial charge in [-0.15, -0.1) is 0 Å². The van der Waals surface area contributed by atoms with Crippen molar-refractivity contribution in [2.75, 3.05) is 46.8 Å². The summed E-state index contributed by atoms with van der Waals surface area (Å²) in [5.41, 5.74) is 0. The molecule has 5 nitrogen and oxygen atoms in total. The first-order chi connectivity index (χ1) is 7.09. The number of carboxylic acid groups (broad SMARTS) is 1. The first-order valence-corrected chi connectivity index (χ1v) is 5.41. The summed E-state index contributed by atoms with van der Waals surface area (Å²) in [7, 11) is 4.24. The molecule has 88 valence electrons. The molecule has 0 amide bonds. The largest absolute Gasteiger partial charge is 0.481 e. The van der Waals surface area contributed by atoms with Crippen LogP contribution in [-0.2, 0) is 4.79 Å². The SMILES string of the molecule is CN1CCN(C)C(CNCCC(=O)O)C1. The second kappa shape index (κ2) is 6.05. The summed E-state index contributed by atoms with van der Waals surface area (Å²) >= 11 is 0. The van der Waals surface area contributed by atoms with Crippen molar-refractivity contribution >= 4 is 5.97 Å². The third-order valence-corrected chi connectivity index (χ3v) is 2.88. The molecule has 1 rings (SSSR count). The fourth-order valence-corrected chi connectivity index (χ4v) is 1.79. The van der Waals surface area contributed by atoms with Crippen LogP contribution in [0.4, 0.5) is 0 Å². The Bertz CT molecular complexity index is 211. The van der Waals surface area contributed by atoms with Gasteiger partial charge in [-0.1, -0.05) is 0 Å². The number of rotatable bonds is 5. The van der Waals surface area contributed by atoms with Crippen molar-refractivity contribution in [1.29, 1.82) is 0 Å². The number of carbonyl (C=O) groups is 1. The highest BCUT2D eigenvalue weighted by Crippen LogP contribution is 2.04. The Morgan fingerprint density at radius 2 is 2.20 bits per heavy atom. The second-order valence-electron chi connectivity index (χ2n) is 4.24. The predicted octanol–water partition coefficient (Wildman–Crippen LogP) is -0.703. The number of hydrogen-bond acceptors (Lipinski definition) is 4. The summed E-state index contributed by atoms with van der Waals surface area (Å²) < 4.78 is 0. The normalized spacial score (nSPS) is 24.3. The standard InChI is InChI=1S/C10H21N3O2/c1-12-5-6-13(2)9(8-12)7-11-4-3-10(14)15/h9,11H,3-8H2,1-2H3,(H,14,15). The van der Waals surface area contributed by atoms with Gasteiger partial charge >= 0.3 is 5.97 Å². The van der Waals surface area contributed by atoms with Gasteiger partial charge in [0.1, 0.15) is 0 Å². The third kappa shape index (κ3) is 4.59. The molecule has 1 aliphatic heterocycles. The Hall–Kier alpha value is -0.650. The van der Waals surface area contributed by atoms with Crippen LogP contribution in [0, 0.1) is 0 Å². The molecule has 1 atom stereocenters. The van der Waals surface area contributed by atoms with E-state index in [2.05, 4.69) is 29.2 Å². The molecule has 1 unspecified atom stereocenters. The lowest BCUT2D eigenvalue weighted by Gasteiger charge is -2.37. The minimum absolute atomic E-state index is 0.201. The number of nitrogens with zero attached hydrogens (tertiary/aromatic N) is 2. The van der Waals surface area contributed by atoms with Crippen molar-refractivity contribution in [3.8, 4) is 0 Å². The van der Waals surface area contributed by atoms with Crippen molar-refractivity contribution < 1.29 is 9.90 Å². The molecule has 1 heterocycles. The van der Waals surface area contributed by atoms with Gasteiger partial charge in [-0.05, 0) is 14.1 Å². The van der Waals surface area contributed by atoms with E-state index in [9.17, 15) is 4.79 Å². The van der Waals surface area contributed by atoms with Gasteiger partial charge < -0.3 is 15.3 Å². The molecular formula is C10H21N3O2. The van der Waals surface area contributed by atoms with E-state index < -0.39 is 5.97 Å². The monoisotopic (exact) mass is 215 g/mol. The number of likely N-dealkylation sites (N-methyl/N-ethyl adjacent to an activating group) is 2. The van der Waals surface area contributed by atoms with E-state index >= 15 is 0 Å². The maximum Gasteiger partial charge on any atom is 0.304 e. The first-order valence-electron chi connectivity index (χ1n) is 5.41. The Kier molecular flexibility index (Phi) is 5.01. The van der Waals surface area contributed by atoms with E-state index in [4.69, 9.17) is 5.11 Å². The lowest BCUT2D eigenvalue weighted by molar-refractivity contribution is -0.136. The fraction of sp³-hybridized carbons (Fsp3) is 0.900. The van der Waals surface area contributed by atoms with Gasteiger partial charge in [-0.2, -0.15) is 0 Å². The van der Waals surface area contributed by atoms with Crippen LogP contribution in [0.1, 0.15) is 6.42 Å². The molecular weight excluding hydrogens is 194 g/mol. The molecule has 0 spiro atoms. The van der Waals surface area contributed by atoms with Gasteiger partial charge in [0.25, 0.3) is 0 Å². The number of piperazine rings is 1. The second-order valence-corrected chi connectivity index (χ2v) is 4.24. The predicted molar refractivity (Wildman–Crippen MR) is 59.0 cm³/mol. The molecule has 1 saturated heterocycles. The maximum absolute atomic E-state index is 10.3. The zero-order valence-electron chi connectivity index (χ0n) is 9.57.